The zero-order valence-corrected chi connectivity index (χ0v) is 10.3. The van der Waals surface area contributed by atoms with Crippen LogP contribution in [0.2, 0.25) is 5.15 Å². The van der Waals surface area contributed by atoms with Gasteiger partial charge in [-0.15, -0.1) is 0 Å². The Morgan fingerprint density at radius 2 is 2.27 bits per heavy atom. The summed E-state index contributed by atoms with van der Waals surface area (Å²) in [6.07, 6.45) is 3.54. The first-order valence-electron chi connectivity index (χ1n) is 4.68. The van der Waals surface area contributed by atoms with Gasteiger partial charge in [0.2, 0.25) is 0 Å². The molecule has 0 radical (unpaired) electrons. The van der Waals surface area contributed by atoms with E-state index in [2.05, 4.69) is 31.2 Å². The molecule has 0 aromatic carbocycles. The molecular weight excluding hydrogens is 281 g/mol. The quantitative estimate of drug-likeness (QED) is 0.834. The Bertz CT molecular complexity index is 370. The highest BCUT2D eigenvalue weighted by Crippen LogP contribution is 2.45. The summed E-state index contributed by atoms with van der Waals surface area (Å²) in [5.74, 6) is 0.676. The first-order valence-corrected chi connectivity index (χ1v) is 5.85. The number of hydrogen-bond acceptors (Lipinski definition) is 4. The van der Waals surface area contributed by atoms with E-state index in [4.69, 9.17) is 16.7 Å². The Morgan fingerprint density at radius 3 is 2.87 bits per heavy atom. The lowest BCUT2D eigenvalue weighted by Gasteiger charge is -2.13. The van der Waals surface area contributed by atoms with Gasteiger partial charge in [-0.1, -0.05) is 11.6 Å². The number of aromatic nitrogens is 2. The van der Waals surface area contributed by atoms with Crippen LogP contribution in [0.5, 0.6) is 0 Å². The monoisotopic (exact) mass is 291 g/mol. The number of anilines is 1. The largest absolute Gasteiger partial charge is 0.396 e. The van der Waals surface area contributed by atoms with Crippen LogP contribution in [0.3, 0.4) is 0 Å². The molecule has 0 atom stereocenters. The number of halogens is 2. The third kappa shape index (κ3) is 2.41. The van der Waals surface area contributed by atoms with Gasteiger partial charge in [0.25, 0.3) is 0 Å². The molecule has 6 heteroatoms. The number of nitrogens with zero attached hydrogens (tertiary/aromatic N) is 2. The Balaban J connectivity index is 2.02. The van der Waals surface area contributed by atoms with Crippen molar-refractivity contribution >= 4 is 33.3 Å². The van der Waals surface area contributed by atoms with Crippen molar-refractivity contribution in [1.82, 2.24) is 9.97 Å². The number of aliphatic hydroxyl groups is 1. The molecule has 4 nitrogen and oxygen atoms in total. The molecular formula is C9H11BrClN3O. The molecule has 1 aliphatic carbocycles. The van der Waals surface area contributed by atoms with Gasteiger partial charge in [0, 0.05) is 12.0 Å². The molecule has 0 unspecified atom stereocenters. The zero-order valence-electron chi connectivity index (χ0n) is 8.00. The van der Waals surface area contributed by atoms with E-state index in [1.807, 2.05) is 0 Å². The summed E-state index contributed by atoms with van der Waals surface area (Å²) in [6, 6.07) is 0. The fourth-order valence-electron chi connectivity index (χ4n) is 1.31. The molecule has 1 aromatic rings. The van der Waals surface area contributed by atoms with Crippen molar-refractivity contribution in [2.45, 2.75) is 12.8 Å². The smallest absolute Gasteiger partial charge is 0.148 e. The fraction of sp³-hybridized carbons (Fsp3) is 0.556. The summed E-state index contributed by atoms with van der Waals surface area (Å²) in [4.78, 5) is 7.91. The van der Waals surface area contributed by atoms with Crippen molar-refractivity contribution < 1.29 is 5.11 Å². The highest BCUT2D eigenvalue weighted by Gasteiger charge is 2.41. The van der Waals surface area contributed by atoms with Crippen LogP contribution in [-0.4, -0.2) is 28.2 Å². The third-order valence-electron chi connectivity index (χ3n) is 2.67. The highest BCUT2D eigenvalue weighted by atomic mass is 79.9. The van der Waals surface area contributed by atoms with Gasteiger partial charge in [-0.3, -0.25) is 0 Å². The minimum atomic E-state index is 0.0524. The molecule has 0 saturated heterocycles. The van der Waals surface area contributed by atoms with E-state index in [1.165, 1.54) is 6.33 Å². The second-order valence-corrected chi connectivity index (χ2v) is 4.99. The van der Waals surface area contributed by atoms with E-state index in [9.17, 15) is 0 Å². The summed E-state index contributed by atoms with van der Waals surface area (Å²) in [7, 11) is 0. The number of hydrogen-bond donors (Lipinski definition) is 2. The molecule has 1 fully saturated rings. The minimum absolute atomic E-state index is 0.0524. The van der Waals surface area contributed by atoms with Gasteiger partial charge in [-0.05, 0) is 28.8 Å². The second kappa shape index (κ2) is 4.23. The summed E-state index contributed by atoms with van der Waals surface area (Å²) in [5, 5.41) is 12.7. The molecule has 15 heavy (non-hydrogen) atoms. The van der Waals surface area contributed by atoms with Gasteiger partial charge >= 0.3 is 0 Å². The predicted octanol–water partition coefficient (Wildman–Crippen LogP) is 2.08. The van der Waals surface area contributed by atoms with Gasteiger partial charge in [0.1, 0.15) is 17.3 Å². The molecule has 2 rings (SSSR count). The predicted molar refractivity (Wildman–Crippen MR) is 62.0 cm³/mol. The van der Waals surface area contributed by atoms with Crippen LogP contribution in [-0.2, 0) is 0 Å². The Kier molecular flexibility index (Phi) is 3.13. The number of rotatable bonds is 4. The summed E-state index contributed by atoms with van der Waals surface area (Å²) in [5.41, 5.74) is 0.0524. The number of aliphatic hydroxyl groups excluding tert-OH is 1. The average molecular weight is 293 g/mol. The first-order chi connectivity index (χ1) is 7.17. The second-order valence-electron chi connectivity index (χ2n) is 3.84. The van der Waals surface area contributed by atoms with Gasteiger partial charge in [-0.2, -0.15) is 0 Å². The lowest BCUT2D eigenvalue weighted by Crippen LogP contribution is -2.19. The van der Waals surface area contributed by atoms with Crippen LogP contribution in [0, 0.1) is 5.41 Å². The van der Waals surface area contributed by atoms with Crippen molar-refractivity contribution in [1.29, 1.82) is 0 Å². The minimum Gasteiger partial charge on any atom is -0.396 e. The van der Waals surface area contributed by atoms with Crippen molar-refractivity contribution in [3.63, 3.8) is 0 Å². The van der Waals surface area contributed by atoms with E-state index in [0.29, 0.717) is 15.4 Å². The summed E-state index contributed by atoms with van der Waals surface area (Å²) < 4.78 is 0.667. The third-order valence-corrected chi connectivity index (χ3v) is 3.94. The van der Waals surface area contributed by atoms with Crippen LogP contribution in [0.15, 0.2) is 10.8 Å². The maximum Gasteiger partial charge on any atom is 0.148 e. The van der Waals surface area contributed by atoms with Gasteiger partial charge < -0.3 is 10.4 Å². The maximum atomic E-state index is 9.15. The molecule has 1 aromatic heterocycles. The number of nitrogens with one attached hydrogen (secondary N) is 1. The molecule has 1 saturated carbocycles. The van der Waals surface area contributed by atoms with Gasteiger partial charge in [0.15, 0.2) is 0 Å². The molecule has 0 bridgehead atoms. The topological polar surface area (TPSA) is 58.0 Å². The zero-order chi connectivity index (χ0) is 10.9. The maximum absolute atomic E-state index is 9.15. The molecule has 0 amide bonds. The van der Waals surface area contributed by atoms with Gasteiger partial charge in [0.05, 0.1) is 11.1 Å². The lowest BCUT2D eigenvalue weighted by molar-refractivity contribution is 0.219. The van der Waals surface area contributed by atoms with E-state index < -0.39 is 0 Å². The standard InChI is InChI=1S/C9H11BrClN3O/c10-6-7(11)13-5-14-8(6)12-3-9(4-15)1-2-9/h5,15H,1-4H2,(H,12,13,14). The van der Waals surface area contributed by atoms with Crippen molar-refractivity contribution in [3.05, 3.63) is 16.0 Å². The SMILES string of the molecule is OCC1(CNc2ncnc(Cl)c2Br)CC1. The molecule has 0 spiro atoms. The van der Waals surface area contributed by atoms with Crippen LogP contribution >= 0.6 is 27.5 Å². The van der Waals surface area contributed by atoms with Crippen LogP contribution in [0.4, 0.5) is 5.82 Å². The molecule has 82 valence electrons. The molecule has 0 aliphatic heterocycles. The fourth-order valence-corrected chi connectivity index (χ4v) is 1.79. The lowest BCUT2D eigenvalue weighted by atomic mass is 10.1. The normalized spacial score (nSPS) is 17.5. The van der Waals surface area contributed by atoms with Crippen molar-refractivity contribution in [3.8, 4) is 0 Å². The van der Waals surface area contributed by atoms with E-state index in [1.54, 1.807) is 0 Å². The summed E-state index contributed by atoms with van der Waals surface area (Å²) in [6.45, 7) is 0.936. The first kappa shape index (κ1) is 11.1. The van der Waals surface area contributed by atoms with Gasteiger partial charge in [-0.25, -0.2) is 9.97 Å². The van der Waals surface area contributed by atoms with Crippen LogP contribution in [0.25, 0.3) is 0 Å². The Labute approximate surface area is 101 Å². The van der Waals surface area contributed by atoms with Crippen LogP contribution in [0.1, 0.15) is 12.8 Å². The van der Waals surface area contributed by atoms with Crippen molar-refractivity contribution in [2.75, 3.05) is 18.5 Å². The molecule has 1 heterocycles. The average Bonchev–Trinajstić information content (AvgIpc) is 3.01. The van der Waals surface area contributed by atoms with Crippen molar-refractivity contribution in [2.24, 2.45) is 5.41 Å². The Morgan fingerprint density at radius 1 is 1.53 bits per heavy atom. The van der Waals surface area contributed by atoms with Crippen LogP contribution < -0.4 is 5.32 Å². The van der Waals surface area contributed by atoms with E-state index in [0.717, 1.165) is 19.4 Å². The highest BCUT2D eigenvalue weighted by molar-refractivity contribution is 9.10. The van der Waals surface area contributed by atoms with E-state index >= 15 is 0 Å². The summed E-state index contributed by atoms with van der Waals surface area (Å²) >= 11 is 9.13. The Hall–Kier alpha value is -0.390. The molecule has 2 N–H and O–H groups in total. The van der Waals surface area contributed by atoms with E-state index in [-0.39, 0.29) is 12.0 Å². The molecule has 1 aliphatic rings.